The molecule has 1 aliphatic heterocycles. The molecule has 1 aromatic carbocycles. The monoisotopic (exact) mass is 339 g/mol. The molecule has 5 nitrogen and oxygen atoms in total. The number of piperidine rings is 1. The minimum absolute atomic E-state index is 0.0916. The predicted octanol–water partition coefficient (Wildman–Crippen LogP) is 2.41. The lowest BCUT2D eigenvalue weighted by Crippen LogP contribution is -2.66. The zero-order valence-electron chi connectivity index (χ0n) is 14.3. The molecule has 1 heterocycles. The van der Waals surface area contributed by atoms with Crippen LogP contribution in [0.25, 0.3) is 0 Å². The maximum absolute atomic E-state index is 13.7. The minimum Gasteiger partial charge on any atom is -0.328 e. The molecule has 1 fully saturated rings. The number of nitrogens with one attached hydrogen (secondary N) is 1. The van der Waals surface area contributed by atoms with Crippen LogP contribution in [0.2, 0.25) is 0 Å². The number of hydrogen-bond donors (Lipinski definition) is 2. The van der Waals surface area contributed by atoms with Crippen molar-refractivity contribution in [1.29, 1.82) is 0 Å². The van der Waals surface area contributed by atoms with Gasteiger partial charge in [0.25, 0.3) is 0 Å². The Bertz CT molecular complexity index is 636. The summed E-state index contributed by atoms with van der Waals surface area (Å²) in [4.78, 5) is 26.5. The number of para-hydroxylation sites is 1. The Hall–Kier alpha value is -2.02. The van der Waals surface area contributed by atoms with Gasteiger partial charge in [-0.1, -0.05) is 6.07 Å². The van der Waals surface area contributed by atoms with Gasteiger partial charge in [-0.15, -0.1) is 0 Å². The van der Waals surface area contributed by atoms with Crippen molar-refractivity contribution in [2.75, 3.05) is 5.32 Å². The van der Waals surface area contributed by atoms with Gasteiger partial charge in [0.15, 0.2) is 0 Å². The fourth-order valence-electron chi connectivity index (χ4n) is 3.79. The van der Waals surface area contributed by atoms with E-state index in [0.29, 0.717) is 12.8 Å². The number of rotatable bonds is 1. The fraction of sp³-hybridized carbons (Fsp3) is 0.529. The van der Waals surface area contributed by atoms with Gasteiger partial charge in [0.1, 0.15) is 17.3 Å². The third-order valence-corrected chi connectivity index (χ3v) is 4.33. The van der Waals surface area contributed by atoms with E-state index in [1.54, 1.807) is 0 Å². The molecule has 132 valence electrons. The summed E-state index contributed by atoms with van der Waals surface area (Å²) in [6.07, 6.45) is 1.06. The molecule has 1 aromatic rings. The average molecular weight is 339 g/mol. The molecule has 7 heteroatoms. The van der Waals surface area contributed by atoms with Crippen LogP contribution in [0.4, 0.5) is 14.5 Å². The minimum atomic E-state index is -1.07. The van der Waals surface area contributed by atoms with Crippen LogP contribution in [0.5, 0.6) is 0 Å². The van der Waals surface area contributed by atoms with Crippen LogP contribution in [-0.4, -0.2) is 33.8 Å². The van der Waals surface area contributed by atoms with Crippen molar-refractivity contribution in [1.82, 2.24) is 4.90 Å². The van der Waals surface area contributed by atoms with E-state index in [1.807, 2.05) is 27.7 Å². The highest BCUT2D eigenvalue weighted by atomic mass is 19.1. The third-order valence-electron chi connectivity index (χ3n) is 4.33. The first-order chi connectivity index (χ1) is 11.0. The van der Waals surface area contributed by atoms with E-state index >= 15 is 0 Å². The lowest BCUT2D eigenvalue weighted by atomic mass is 9.77. The molecule has 1 saturated heterocycles. The van der Waals surface area contributed by atoms with Gasteiger partial charge in [0.2, 0.25) is 0 Å². The maximum Gasteiger partial charge on any atom is 0.314 e. The molecule has 24 heavy (non-hydrogen) atoms. The van der Waals surface area contributed by atoms with Crippen LogP contribution in [0, 0.1) is 11.6 Å². The lowest BCUT2D eigenvalue weighted by molar-refractivity contribution is -0.156. The van der Waals surface area contributed by atoms with E-state index < -0.39 is 40.2 Å². The van der Waals surface area contributed by atoms with Gasteiger partial charge >= 0.3 is 11.8 Å². The summed E-state index contributed by atoms with van der Waals surface area (Å²) in [7, 11) is 0. The lowest BCUT2D eigenvalue weighted by Gasteiger charge is -2.54. The van der Waals surface area contributed by atoms with Crippen molar-refractivity contribution in [2.24, 2.45) is 5.73 Å². The summed E-state index contributed by atoms with van der Waals surface area (Å²) in [5, 5.41) is 2.05. The Kier molecular flexibility index (Phi) is 4.68. The second-order valence-corrected chi connectivity index (χ2v) is 7.48. The van der Waals surface area contributed by atoms with Gasteiger partial charge in [0, 0.05) is 17.1 Å². The third kappa shape index (κ3) is 3.40. The van der Waals surface area contributed by atoms with Crippen molar-refractivity contribution >= 4 is 17.5 Å². The molecular formula is C17H23F2N3O2. The van der Waals surface area contributed by atoms with Crippen LogP contribution in [0.15, 0.2) is 18.2 Å². The molecule has 0 bridgehead atoms. The summed E-state index contributed by atoms with van der Waals surface area (Å²) in [5.74, 6) is -3.78. The molecule has 0 aromatic heterocycles. The van der Waals surface area contributed by atoms with E-state index in [9.17, 15) is 18.4 Å². The van der Waals surface area contributed by atoms with E-state index in [1.165, 1.54) is 11.0 Å². The highest BCUT2D eigenvalue weighted by Crippen LogP contribution is 2.38. The number of likely N-dealkylation sites (tertiary alicyclic amines) is 1. The molecule has 0 atom stereocenters. The second kappa shape index (κ2) is 6.12. The summed E-state index contributed by atoms with van der Waals surface area (Å²) in [6.45, 7) is 7.29. The van der Waals surface area contributed by atoms with E-state index in [4.69, 9.17) is 5.73 Å². The van der Waals surface area contributed by atoms with E-state index in [0.717, 1.165) is 12.1 Å². The molecule has 1 aliphatic rings. The molecule has 2 amide bonds. The van der Waals surface area contributed by atoms with Gasteiger partial charge < -0.3 is 16.0 Å². The zero-order chi connectivity index (χ0) is 18.3. The molecular weight excluding hydrogens is 316 g/mol. The average Bonchev–Trinajstić information content (AvgIpc) is 2.39. The normalized spacial score (nSPS) is 19.9. The Morgan fingerprint density at radius 3 is 2.04 bits per heavy atom. The van der Waals surface area contributed by atoms with Gasteiger partial charge in [-0.3, -0.25) is 9.59 Å². The standard InChI is InChI=1S/C17H23F2N3O2/c1-16(2)8-10(20)9-17(3,4)22(16)15(24)14(23)21-13-11(18)6-5-7-12(13)19/h5-7,10H,8-9,20H2,1-4H3,(H,21,23). The number of nitrogens with two attached hydrogens (primary N) is 1. The second-order valence-electron chi connectivity index (χ2n) is 7.48. The molecule has 0 unspecified atom stereocenters. The number of carbonyl (C=O) groups is 2. The number of halogens is 2. The summed E-state index contributed by atoms with van der Waals surface area (Å²) in [6, 6.07) is 3.11. The molecule has 0 saturated carbocycles. The topological polar surface area (TPSA) is 75.4 Å². The predicted molar refractivity (Wildman–Crippen MR) is 87.2 cm³/mol. The Morgan fingerprint density at radius 1 is 1.12 bits per heavy atom. The smallest absolute Gasteiger partial charge is 0.314 e. The molecule has 3 N–H and O–H groups in total. The van der Waals surface area contributed by atoms with Gasteiger partial charge in [-0.25, -0.2) is 8.78 Å². The van der Waals surface area contributed by atoms with Gasteiger partial charge in [-0.05, 0) is 52.7 Å². The SMILES string of the molecule is CC1(C)CC(N)CC(C)(C)N1C(=O)C(=O)Nc1c(F)cccc1F. The molecule has 0 aliphatic carbocycles. The molecule has 0 radical (unpaired) electrons. The van der Waals surface area contributed by atoms with Crippen LogP contribution >= 0.6 is 0 Å². The first-order valence-electron chi connectivity index (χ1n) is 7.81. The quantitative estimate of drug-likeness (QED) is 0.772. The van der Waals surface area contributed by atoms with E-state index in [2.05, 4.69) is 5.32 Å². The van der Waals surface area contributed by atoms with E-state index in [-0.39, 0.29) is 6.04 Å². The number of carbonyl (C=O) groups excluding carboxylic acids is 2. The number of amides is 2. The highest BCUT2D eigenvalue weighted by molar-refractivity contribution is 6.39. The number of nitrogens with zero attached hydrogens (tertiary/aromatic N) is 1. The number of hydrogen-bond acceptors (Lipinski definition) is 3. The number of anilines is 1. The van der Waals surface area contributed by atoms with Gasteiger partial charge in [-0.2, -0.15) is 0 Å². The Labute approximate surface area is 140 Å². The van der Waals surface area contributed by atoms with Crippen molar-refractivity contribution in [2.45, 2.75) is 57.7 Å². The Morgan fingerprint density at radius 2 is 1.58 bits per heavy atom. The van der Waals surface area contributed by atoms with Crippen LogP contribution in [-0.2, 0) is 9.59 Å². The van der Waals surface area contributed by atoms with Crippen LogP contribution in [0.1, 0.15) is 40.5 Å². The number of benzene rings is 1. The van der Waals surface area contributed by atoms with Crippen molar-refractivity contribution in [3.63, 3.8) is 0 Å². The summed E-state index contributed by atoms with van der Waals surface area (Å²) in [5.41, 5.74) is 4.13. The first-order valence-corrected chi connectivity index (χ1v) is 7.81. The largest absolute Gasteiger partial charge is 0.328 e. The van der Waals surface area contributed by atoms with Crippen molar-refractivity contribution < 1.29 is 18.4 Å². The molecule has 2 rings (SSSR count). The first kappa shape index (κ1) is 18.3. The van der Waals surface area contributed by atoms with Crippen LogP contribution < -0.4 is 11.1 Å². The fourth-order valence-corrected chi connectivity index (χ4v) is 3.79. The van der Waals surface area contributed by atoms with Crippen molar-refractivity contribution in [3.05, 3.63) is 29.8 Å². The zero-order valence-corrected chi connectivity index (χ0v) is 14.3. The summed E-state index contributed by atoms with van der Waals surface area (Å²) < 4.78 is 27.4. The summed E-state index contributed by atoms with van der Waals surface area (Å²) >= 11 is 0. The molecule has 0 spiro atoms. The Balaban J connectivity index is 2.28. The van der Waals surface area contributed by atoms with Gasteiger partial charge in [0.05, 0.1) is 0 Å². The van der Waals surface area contributed by atoms with Crippen LogP contribution in [0.3, 0.4) is 0 Å². The van der Waals surface area contributed by atoms with Crippen molar-refractivity contribution in [3.8, 4) is 0 Å². The maximum atomic E-state index is 13.7. The highest BCUT2D eigenvalue weighted by Gasteiger charge is 2.48.